The van der Waals surface area contributed by atoms with Crippen molar-refractivity contribution >= 4 is 27.9 Å². The summed E-state index contributed by atoms with van der Waals surface area (Å²) in [7, 11) is 0. The summed E-state index contributed by atoms with van der Waals surface area (Å²) in [6.45, 7) is 3.96. The highest BCUT2D eigenvalue weighted by Gasteiger charge is 2.46. The van der Waals surface area contributed by atoms with Crippen molar-refractivity contribution in [2.24, 2.45) is 0 Å². The van der Waals surface area contributed by atoms with Gasteiger partial charge in [-0.3, -0.25) is 9.69 Å². The predicted octanol–water partition coefficient (Wildman–Crippen LogP) is 2.67. The molecule has 0 spiro atoms. The number of hydrogen-bond donors (Lipinski definition) is 1. The third kappa shape index (κ3) is 2.27. The van der Waals surface area contributed by atoms with Crippen molar-refractivity contribution in [3.05, 3.63) is 34.3 Å². The molecule has 4 nitrogen and oxygen atoms in total. The fraction of sp³-hybridized carbons (Fsp3) is 0.385. The second kappa shape index (κ2) is 4.72. The van der Waals surface area contributed by atoms with Gasteiger partial charge in [-0.25, -0.2) is 4.79 Å². The zero-order chi connectivity index (χ0) is 13.3. The van der Waals surface area contributed by atoms with E-state index in [2.05, 4.69) is 21.2 Å². The summed E-state index contributed by atoms with van der Waals surface area (Å²) in [5, 5.41) is 2.74. The van der Waals surface area contributed by atoms with Crippen molar-refractivity contribution in [2.45, 2.75) is 32.4 Å². The van der Waals surface area contributed by atoms with Gasteiger partial charge < -0.3 is 5.32 Å². The minimum Gasteiger partial charge on any atom is -0.323 e. The molecule has 0 bridgehead atoms. The van der Waals surface area contributed by atoms with Gasteiger partial charge in [0, 0.05) is 4.47 Å². The molecule has 1 aromatic rings. The van der Waals surface area contributed by atoms with Crippen LogP contribution in [0.5, 0.6) is 0 Å². The number of rotatable bonds is 3. The molecule has 1 heterocycles. The Hall–Kier alpha value is -1.36. The number of halogens is 1. The number of amides is 3. The molecule has 1 N–H and O–H groups in total. The number of nitrogens with one attached hydrogen (secondary N) is 1. The Labute approximate surface area is 114 Å². The largest absolute Gasteiger partial charge is 0.325 e. The predicted molar refractivity (Wildman–Crippen MR) is 71.9 cm³/mol. The highest BCUT2D eigenvalue weighted by Crippen LogP contribution is 2.23. The van der Waals surface area contributed by atoms with Crippen LogP contribution in [0.3, 0.4) is 0 Å². The maximum Gasteiger partial charge on any atom is 0.325 e. The van der Waals surface area contributed by atoms with Gasteiger partial charge in [-0.05, 0) is 31.0 Å². The molecule has 0 aromatic heterocycles. The molecule has 0 saturated carbocycles. The summed E-state index contributed by atoms with van der Waals surface area (Å²) >= 11 is 3.35. The number of carbonyl (C=O) groups is 2. The van der Waals surface area contributed by atoms with Crippen LogP contribution in [-0.4, -0.2) is 22.4 Å². The molecule has 2 rings (SSSR count). The van der Waals surface area contributed by atoms with Gasteiger partial charge in [-0.1, -0.05) is 35.0 Å². The minimum absolute atomic E-state index is 0.155. The van der Waals surface area contributed by atoms with Gasteiger partial charge in [0.1, 0.15) is 5.54 Å². The van der Waals surface area contributed by atoms with E-state index >= 15 is 0 Å². The normalized spacial score (nSPS) is 23.4. The smallest absolute Gasteiger partial charge is 0.323 e. The number of hydrogen-bond acceptors (Lipinski definition) is 2. The van der Waals surface area contributed by atoms with Crippen LogP contribution in [0.15, 0.2) is 28.7 Å². The lowest BCUT2D eigenvalue weighted by Crippen LogP contribution is -2.43. The summed E-state index contributed by atoms with van der Waals surface area (Å²) in [5.41, 5.74) is 0.175. The van der Waals surface area contributed by atoms with E-state index in [1.54, 1.807) is 6.92 Å². The molecule has 18 heavy (non-hydrogen) atoms. The van der Waals surface area contributed by atoms with Gasteiger partial charge in [0.25, 0.3) is 5.91 Å². The Morgan fingerprint density at radius 1 is 1.28 bits per heavy atom. The zero-order valence-electron chi connectivity index (χ0n) is 10.4. The Bertz CT molecular complexity index is 486. The van der Waals surface area contributed by atoms with Crippen molar-refractivity contribution in [1.82, 2.24) is 10.2 Å². The topological polar surface area (TPSA) is 49.4 Å². The van der Waals surface area contributed by atoms with E-state index in [1.165, 1.54) is 4.90 Å². The van der Waals surface area contributed by atoms with E-state index in [1.807, 2.05) is 31.2 Å². The van der Waals surface area contributed by atoms with Crippen LogP contribution in [0.1, 0.15) is 25.8 Å². The molecule has 0 aliphatic carbocycles. The average Bonchev–Trinajstić information content (AvgIpc) is 2.56. The zero-order valence-corrected chi connectivity index (χ0v) is 12.0. The summed E-state index contributed by atoms with van der Waals surface area (Å²) in [5.74, 6) is -0.155. The third-order valence-corrected chi connectivity index (χ3v) is 3.83. The van der Waals surface area contributed by atoms with E-state index in [0.29, 0.717) is 13.0 Å². The standard InChI is InChI=1S/C13H15BrN2O2/c1-3-13(2)11(17)16(12(18)15-13)8-9-4-6-10(14)7-5-9/h4-7H,3,8H2,1-2H3,(H,15,18). The fourth-order valence-corrected chi connectivity index (χ4v) is 2.17. The summed E-state index contributed by atoms with van der Waals surface area (Å²) in [6, 6.07) is 7.27. The molecule has 1 saturated heterocycles. The number of urea groups is 1. The lowest BCUT2D eigenvalue weighted by atomic mass is 9.99. The molecule has 1 aromatic carbocycles. The van der Waals surface area contributed by atoms with Crippen molar-refractivity contribution in [2.75, 3.05) is 0 Å². The molecule has 1 aliphatic rings. The van der Waals surface area contributed by atoms with Crippen LogP contribution in [0.25, 0.3) is 0 Å². The van der Waals surface area contributed by atoms with E-state index in [4.69, 9.17) is 0 Å². The summed E-state index contributed by atoms with van der Waals surface area (Å²) in [6.07, 6.45) is 0.592. The molecule has 3 amide bonds. The maximum atomic E-state index is 12.2. The second-order valence-electron chi connectivity index (χ2n) is 4.63. The molecule has 1 unspecified atom stereocenters. The first kappa shape index (κ1) is 13.1. The molecule has 1 atom stereocenters. The lowest BCUT2D eigenvalue weighted by molar-refractivity contribution is -0.131. The van der Waals surface area contributed by atoms with Gasteiger partial charge in [-0.2, -0.15) is 0 Å². The van der Waals surface area contributed by atoms with E-state index in [9.17, 15) is 9.59 Å². The summed E-state index contributed by atoms with van der Waals surface area (Å²) in [4.78, 5) is 25.3. The average molecular weight is 311 g/mol. The quantitative estimate of drug-likeness (QED) is 0.873. The van der Waals surface area contributed by atoms with Crippen molar-refractivity contribution < 1.29 is 9.59 Å². The van der Waals surface area contributed by atoms with Crippen LogP contribution >= 0.6 is 15.9 Å². The molecule has 0 radical (unpaired) electrons. The van der Waals surface area contributed by atoms with Crippen molar-refractivity contribution in [3.63, 3.8) is 0 Å². The van der Waals surface area contributed by atoms with Gasteiger partial charge in [0.15, 0.2) is 0 Å². The van der Waals surface area contributed by atoms with E-state index in [-0.39, 0.29) is 11.9 Å². The first-order valence-electron chi connectivity index (χ1n) is 5.85. The van der Waals surface area contributed by atoms with Crippen molar-refractivity contribution in [1.29, 1.82) is 0 Å². The number of imide groups is 1. The van der Waals surface area contributed by atoms with Crippen LogP contribution in [0.2, 0.25) is 0 Å². The minimum atomic E-state index is -0.757. The van der Waals surface area contributed by atoms with Crippen LogP contribution < -0.4 is 5.32 Å². The Kier molecular flexibility index (Phi) is 3.43. The molecule has 96 valence electrons. The first-order valence-corrected chi connectivity index (χ1v) is 6.64. The molecule has 5 heteroatoms. The first-order chi connectivity index (χ1) is 8.46. The Morgan fingerprint density at radius 2 is 1.89 bits per heavy atom. The highest BCUT2D eigenvalue weighted by atomic mass is 79.9. The van der Waals surface area contributed by atoms with Crippen LogP contribution in [0, 0.1) is 0 Å². The molecule has 1 fully saturated rings. The van der Waals surface area contributed by atoms with E-state index in [0.717, 1.165) is 10.0 Å². The highest BCUT2D eigenvalue weighted by molar-refractivity contribution is 9.10. The third-order valence-electron chi connectivity index (χ3n) is 3.31. The van der Waals surface area contributed by atoms with Gasteiger partial charge >= 0.3 is 6.03 Å². The molecule has 1 aliphatic heterocycles. The van der Waals surface area contributed by atoms with Crippen molar-refractivity contribution in [3.8, 4) is 0 Å². The SMILES string of the molecule is CCC1(C)NC(=O)N(Cc2ccc(Br)cc2)C1=O. The number of nitrogens with zero attached hydrogens (tertiary/aromatic N) is 1. The van der Waals surface area contributed by atoms with Crippen LogP contribution in [0.4, 0.5) is 4.79 Å². The Morgan fingerprint density at radius 3 is 2.39 bits per heavy atom. The number of benzene rings is 1. The second-order valence-corrected chi connectivity index (χ2v) is 5.55. The van der Waals surface area contributed by atoms with Gasteiger partial charge in [0.05, 0.1) is 6.54 Å². The molecular weight excluding hydrogens is 296 g/mol. The van der Waals surface area contributed by atoms with Crippen LogP contribution in [-0.2, 0) is 11.3 Å². The Balaban J connectivity index is 2.17. The van der Waals surface area contributed by atoms with Gasteiger partial charge in [-0.15, -0.1) is 0 Å². The lowest BCUT2D eigenvalue weighted by Gasteiger charge is -2.19. The molecular formula is C13H15BrN2O2. The number of carbonyl (C=O) groups excluding carboxylic acids is 2. The van der Waals surface area contributed by atoms with E-state index < -0.39 is 5.54 Å². The summed E-state index contributed by atoms with van der Waals surface area (Å²) < 4.78 is 0.974. The maximum absolute atomic E-state index is 12.2. The fourth-order valence-electron chi connectivity index (χ4n) is 1.90. The van der Waals surface area contributed by atoms with Gasteiger partial charge in [0.2, 0.25) is 0 Å². The monoisotopic (exact) mass is 310 g/mol.